The molecule has 34 heavy (non-hydrogen) atoms. The lowest BCUT2D eigenvalue weighted by atomic mass is 9.86. The molecule has 3 aromatic rings. The smallest absolute Gasteiger partial charge is 0.343 e. The second kappa shape index (κ2) is 7.41. The molecule has 0 radical (unpaired) electrons. The highest BCUT2D eigenvalue weighted by Crippen LogP contribution is 2.43. The number of fused-ring (bicyclic) bond motifs is 6. The molecule has 0 saturated carbocycles. The van der Waals surface area contributed by atoms with Gasteiger partial charge in [-0.3, -0.25) is 4.79 Å². The van der Waals surface area contributed by atoms with Crippen LogP contribution >= 0.6 is 0 Å². The van der Waals surface area contributed by atoms with Crippen LogP contribution in [-0.2, 0) is 33.0 Å². The number of cyclic esters (lactones) is 1. The first kappa shape index (κ1) is 20.9. The number of pyridine rings is 2. The third kappa shape index (κ3) is 2.77. The van der Waals surface area contributed by atoms with Gasteiger partial charge in [0.1, 0.15) is 6.61 Å². The molecule has 5 heterocycles. The molecule has 1 aromatic carbocycles. The van der Waals surface area contributed by atoms with Gasteiger partial charge >= 0.3 is 5.97 Å². The van der Waals surface area contributed by atoms with Crippen LogP contribution in [0.25, 0.3) is 28.4 Å². The summed E-state index contributed by atoms with van der Waals surface area (Å²) in [5.41, 5.74) is 2.05. The molecule has 0 bridgehead atoms. The largest absolute Gasteiger partial charge is 0.458 e. The molecular formula is C25H22N2O7. The highest BCUT2D eigenvalue weighted by Gasteiger charge is 2.45. The fourth-order valence-electron chi connectivity index (χ4n) is 4.95. The number of hydrogen-bond acceptors (Lipinski definition) is 8. The van der Waals surface area contributed by atoms with Gasteiger partial charge in [-0.25, -0.2) is 9.78 Å². The van der Waals surface area contributed by atoms with E-state index < -0.39 is 11.6 Å². The molecule has 3 aliphatic rings. The van der Waals surface area contributed by atoms with Gasteiger partial charge in [0, 0.05) is 29.7 Å². The van der Waals surface area contributed by atoms with Gasteiger partial charge in [0.15, 0.2) is 17.1 Å². The molecule has 0 fully saturated rings. The number of carbonyl (C=O) groups is 1. The van der Waals surface area contributed by atoms with Crippen molar-refractivity contribution < 1.29 is 28.8 Å². The Bertz CT molecular complexity index is 1470. The summed E-state index contributed by atoms with van der Waals surface area (Å²) >= 11 is 0. The standard InChI is InChI=1S/C25H22N2O7/c1-3-25(30)17-8-19-22-15(10-27(19)23(28)16(17)11-32-24(25)29)13(5-4-6-31-2)14-7-20-21(34-12-33-20)9-18(14)26-22/h4-5,7-9,30H,3,6,10-12H2,1-2H3/b5-4+/t25-/m0/s1. The molecular weight excluding hydrogens is 440 g/mol. The van der Waals surface area contributed by atoms with E-state index in [9.17, 15) is 14.7 Å². The number of carbonyl (C=O) groups excluding carboxylic acids is 1. The molecule has 9 nitrogen and oxygen atoms in total. The van der Waals surface area contributed by atoms with E-state index in [0.717, 1.165) is 16.5 Å². The maximum Gasteiger partial charge on any atom is 0.343 e. The van der Waals surface area contributed by atoms with Crippen molar-refractivity contribution in [3.63, 3.8) is 0 Å². The maximum absolute atomic E-state index is 13.5. The van der Waals surface area contributed by atoms with E-state index in [1.165, 1.54) is 0 Å². The third-order valence-corrected chi connectivity index (χ3v) is 6.77. The van der Waals surface area contributed by atoms with Crippen LogP contribution in [0, 0.1) is 0 Å². The average Bonchev–Trinajstić information content (AvgIpc) is 3.44. The van der Waals surface area contributed by atoms with Crippen LogP contribution in [0.15, 0.2) is 29.1 Å². The fraction of sp³-hybridized carbons (Fsp3) is 0.320. The molecule has 6 rings (SSSR count). The number of aliphatic hydroxyl groups is 1. The van der Waals surface area contributed by atoms with Crippen molar-refractivity contribution in [2.24, 2.45) is 0 Å². The van der Waals surface area contributed by atoms with Gasteiger partial charge in [0.05, 0.1) is 35.6 Å². The summed E-state index contributed by atoms with van der Waals surface area (Å²) in [4.78, 5) is 30.8. The lowest BCUT2D eigenvalue weighted by Gasteiger charge is -2.31. The fourth-order valence-corrected chi connectivity index (χ4v) is 4.95. The number of ether oxygens (including phenoxy) is 4. The lowest BCUT2D eigenvalue weighted by molar-refractivity contribution is -0.172. The van der Waals surface area contributed by atoms with E-state index >= 15 is 0 Å². The Balaban J connectivity index is 1.63. The Kier molecular flexibility index (Phi) is 4.55. The van der Waals surface area contributed by atoms with Crippen LogP contribution in [0.1, 0.15) is 35.6 Å². The number of rotatable bonds is 4. The van der Waals surface area contributed by atoms with Gasteiger partial charge in [-0.05, 0) is 24.1 Å². The number of aromatic nitrogens is 2. The zero-order valence-electron chi connectivity index (χ0n) is 18.7. The zero-order chi connectivity index (χ0) is 23.6. The molecule has 0 unspecified atom stereocenters. The Labute approximate surface area is 194 Å². The van der Waals surface area contributed by atoms with Gasteiger partial charge in [-0.15, -0.1) is 0 Å². The summed E-state index contributed by atoms with van der Waals surface area (Å²) in [5.74, 6) is 0.505. The van der Waals surface area contributed by atoms with Gasteiger partial charge in [-0.1, -0.05) is 19.1 Å². The molecule has 0 aliphatic carbocycles. The molecule has 1 atom stereocenters. The number of nitrogens with zero attached hydrogens (tertiary/aromatic N) is 2. The summed E-state index contributed by atoms with van der Waals surface area (Å²) in [7, 11) is 1.62. The van der Waals surface area contributed by atoms with Crippen molar-refractivity contribution in [1.82, 2.24) is 9.55 Å². The Morgan fingerprint density at radius 2 is 1.97 bits per heavy atom. The van der Waals surface area contributed by atoms with Crippen molar-refractivity contribution in [3.8, 4) is 22.9 Å². The molecule has 0 saturated heterocycles. The van der Waals surface area contributed by atoms with Crippen LogP contribution in [-0.4, -0.2) is 41.1 Å². The highest BCUT2D eigenvalue weighted by atomic mass is 16.7. The minimum Gasteiger partial charge on any atom is -0.458 e. The molecule has 1 N–H and O–H groups in total. The maximum atomic E-state index is 13.5. The van der Waals surface area contributed by atoms with Crippen LogP contribution in [0.5, 0.6) is 11.5 Å². The first-order valence-electron chi connectivity index (χ1n) is 11.0. The normalized spacial score (nSPS) is 19.9. The predicted molar refractivity (Wildman–Crippen MR) is 122 cm³/mol. The topological polar surface area (TPSA) is 109 Å². The molecule has 9 heteroatoms. The predicted octanol–water partition coefficient (Wildman–Crippen LogP) is 2.47. The lowest BCUT2D eigenvalue weighted by Crippen LogP contribution is -2.44. The average molecular weight is 462 g/mol. The van der Waals surface area contributed by atoms with Gasteiger partial charge < -0.3 is 28.6 Å². The van der Waals surface area contributed by atoms with Crippen molar-refractivity contribution in [3.05, 3.63) is 56.9 Å². The third-order valence-electron chi connectivity index (χ3n) is 6.77. The second-order valence-electron chi connectivity index (χ2n) is 8.54. The van der Waals surface area contributed by atoms with E-state index in [2.05, 4.69) is 0 Å². The van der Waals surface area contributed by atoms with Crippen molar-refractivity contribution in [2.45, 2.75) is 32.1 Å². The molecule has 174 valence electrons. The molecule has 0 amide bonds. The quantitative estimate of drug-likeness (QED) is 0.461. The van der Waals surface area contributed by atoms with E-state index in [4.69, 9.17) is 23.9 Å². The van der Waals surface area contributed by atoms with Crippen molar-refractivity contribution >= 4 is 22.9 Å². The molecule has 0 spiro atoms. The van der Waals surface area contributed by atoms with E-state index in [-0.39, 0.29) is 25.4 Å². The highest BCUT2D eigenvalue weighted by molar-refractivity contribution is 5.95. The van der Waals surface area contributed by atoms with Crippen LogP contribution in [0.3, 0.4) is 0 Å². The number of hydrogen-bond donors (Lipinski definition) is 1. The van der Waals surface area contributed by atoms with Crippen molar-refractivity contribution in [1.29, 1.82) is 0 Å². The van der Waals surface area contributed by atoms with Crippen LogP contribution in [0.2, 0.25) is 0 Å². The minimum absolute atomic E-state index is 0.0915. The monoisotopic (exact) mass is 462 g/mol. The summed E-state index contributed by atoms with van der Waals surface area (Å²) in [5, 5.41) is 11.9. The van der Waals surface area contributed by atoms with Gasteiger partial charge in [-0.2, -0.15) is 0 Å². The summed E-state index contributed by atoms with van der Waals surface area (Å²) in [6, 6.07) is 5.43. The first-order chi connectivity index (χ1) is 16.5. The number of esters is 1. The van der Waals surface area contributed by atoms with E-state index in [0.29, 0.717) is 52.7 Å². The SMILES string of the molecule is CC[C@@]1(O)C(=O)OCc2c1cc1n(c2=O)Cc2c-1nc1cc3c(cc1c2/C=C/COC)OCO3. The van der Waals surface area contributed by atoms with Crippen LogP contribution in [0.4, 0.5) is 0 Å². The number of methoxy groups -OCH3 is 1. The summed E-state index contributed by atoms with van der Waals surface area (Å²) < 4.78 is 23.1. The first-order valence-corrected chi connectivity index (χ1v) is 11.0. The Morgan fingerprint density at radius 3 is 2.74 bits per heavy atom. The van der Waals surface area contributed by atoms with Gasteiger partial charge in [0.25, 0.3) is 5.56 Å². The zero-order valence-corrected chi connectivity index (χ0v) is 18.7. The summed E-state index contributed by atoms with van der Waals surface area (Å²) in [6.45, 7) is 2.40. The van der Waals surface area contributed by atoms with Crippen LogP contribution < -0.4 is 15.0 Å². The van der Waals surface area contributed by atoms with E-state index in [1.54, 1.807) is 24.7 Å². The molecule has 2 aromatic heterocycles. The van der Waals surface area contributed by atoms with Crippen molar-refractivity contribution in [2.75, 3.05) is 20.5 Å². The van der Waals surface area contributed by atoms with Gasteiger partial charge in [0.2, 0.25) is 6.79 Å². The number of benzene rings is 1. The Hall–Kier alpha value is -3.69. The van der Waals surface area contributed by atoms with E-state index in [1.807, 2.05) is 24.3 Å². The minimum atomic E-state index is -1.87. The molecule has 3 aliphatic heterocycles. The second-order valence-corrected chi connectivity index (χ2v) is 8.54. The summed E-state index contributed by atoms with van der Waals surface area (Å²) in [6.07, 6.45) is 3.95. The Morgan fingerprint density at radius 1 is 1.18 bits per heavy atom.